The van der Waals surface area contributed by atoms with Gasteiger partial charge in [0.2, 0.25) is 0 Å². The number of furan rings is 1. The standard InChI is InChI=1S/C16H10O3/c1-9-14-10(6-7-18-14)8-13-11-4-2-3-5-12(11)16(17)19-15(9)13/h2-8H,1H3. The molecule has 0 radical (unpaired) electrons. The van der Waals surface area contributed by atoms with Crippen LogP contribution in [0.15, 0.2) is 56.3 Å². The van der Waals surface area contributed by atoms with Crippen LogP contribution in [0.1, 0.15) is 5.56 Å². The summed E-state index contributed by atoms with van der Waals surface area (Å²) in [6.45, 7) is 1.91. The van der Waals surface area contributed by atoms with Crippen molar-refractivity contribution in [2.24, 2.45) is 0 Å². The van der Waals surface area contributed by atoms with E-state index in [4.69, 9.17) is 8.83 Å². The molecule has 0 aliphatic carbocycles. The molecule has 92 valence electrons. The number of hydrogen-bond donors (Lipinski definition) is 0. The van der Waals surface area contributed by atoms with Crippen LogP contribution in [0.2, 0.25) is 0 Å². The Bertz CT molecular complexity index is 989. The zero-order valence-corrected chi connectivity index (χ0v) is 10.3. The Morgan fingerprint density at radius 3 is 2.58 bits per heavy atom. The lowest BCUT2D eigenvalue weighted by Gasteiger charge is -2.05. The van der Waals surface area contributed by atoms with Crippen molar-refractivity contribution in [2.75, 3.05) is 0 Å². The third kappa shape index (κ3) is 1.30. The largest absolute Gasteiger partial charge is 0.464 e. The monoisotopic (exact) mass is 250 g/mol. The second-order valence-electron chi connectivity index (χ2n) is 4.65. The fourth-order valence-corrected chi connectivity index (χ4v) is 2.64. The normalized spacial score (nSPS) is 11.6. The van der Waals surface area contributed by atoms with E-state index in [0.29, 0.717) is 11.0 Å². The first-order chi connectivity index (χ1) is 9.25. The summed E-state index contributed by atoms with van der Waals surface area (Å²) < 4.78 is 10.9. The molecule has 4 aromatic rings. The molecule has 19 heavy (non-hydrogen) atoms. The fraction of sp³-hybridized carbons (Fsp3) is 0.0625. The molecule has 2 aromatic carbocycles. The molecule has 0 spiro atoms. The first kappa shape index (κ1) is 10.4. The lowest BCUT2D eigenvalue weighted by Crippen LogP contribution is -2.00. The van der Waals surface area contributed by atoms with E-state index in [-0.39, 0.29) is 5.63 Å². The van der Waals surface area contributed by atoms with E-state index >= 15 is 0 Å². The van der Waals surface area contributed by atoms with Crippen molar-refractivity contribution in [3.05, 3.63) is 58.6 Å². The van der Waals surface area contributed by atoms with Gasteiger partial charge in [0.15, 0.2) is 0 Å². The Hall–Kier alpha value is -2.55. The van der Waals surface area contributed by atoms with E-state index in [9.17, 15) is 4.79 Å². The van der Waals surface area contributed by atoms with Crippen molar-refractivity contribution in [3.63, 3.8) is 0 Å². The Morgan fingerprint density at radius 1 is 0.947 bits per heavy atom. The maximum Gasteiger partial charge on any atom is 0.344 e. The maximum absolute atomic E-state index is 12.0. The highest BCUT2D eigenvalue weighted by Crippen LogP contribution is 2.31. The molecule has 0 saturated carbocycles. The minimum atomic E-state index is -0.308. The van der Waals surface area contributed by atoms with Gasteiger partial charge in [-0.2, -0.15) is 0 Å². The molecule has 3 nitrogen and oxygen atoms in total. The van der Waals surface area contributed by atoms with E-state index in [1.165, 1.54) is 0 Å². The highest BCUT2D eigenvalue weighted by atomic mass is 16.4. The molecule has 0 bridgehead atoms. The van der Waals surface area contributed by atoms with Crippen LogP contribution in [-0.4, -0.2) is 0 Å². The number of benzene rings is 2. The molecule has 2 heterocycles. The third-order valence-corrected chi connectivity index (χ3v) is 3.55. The van der Waals surface area contributed by atoms with Crippen LogP contribution >= 0.6 is 0 Å². The number of rotatable bonds is 0. The van der Waals surface area contributed by atoms with Gasteiger partial charge in [0.05, 0.1) is 11.6 Å². The van der Waals surface area contributed by atoms with E-state index in [1.807, 2.05) is 37.3 Å². The Morgan fingerprint density at radius 2 is 1.74 bits per heavy atom. The van der Waals surface area contributed by atoms with Crippen molar-refractivity contribution in [1.82, 2.24) is 0 Å². The van der Waals surface area contributed by atoms with Gasteiger partial charge in [-0.05, 0) is 30.5 Å². The quantitative estimate of drug-likeness (QED) is 0.350. The SMILES string of the molecule is Cc1c2occc2cc2c1oc(=O)c1ccccc12. The summed E-state index contributed by atoms with van der Waals surface area (Å²) in [5.41, 5.74) is 1.93. The van der Waals surface area contributed by atoms with Gasteiger partial charge in [0, 0.05) is 16.3 Å². The minimum absolute atomic E-state index is 0.308. The van der Waals surface area contributed by atoms with Crippen LogP contribution in [0.5, 0.6) is 0 Å². The second kappa shape index (κ2) is 3.48. The molecule has 0 unspecified atom stereocenters. The zero-order valence-electron chi connectivity index (χ0n) is 10.3. The molecule has 0 aliphatic rings. The predicted octanol–water partition coefficient (Wildman–Crippen LogP) is 4.00. The lowest BCUT2D eigenvalue weighted by atomic mass is 10.0. The number of hydrogen-bond acceptors (Lipinski definition) is 3. The van der Waals surface area contributed by atoms with Gasteiger partial charge >= 0.3 is 5.63 Å². The van der Waals surface area contributed by atoms with Gasteiger partial charge in [-0.25, -0.2) is 4.79 Å². The lowest BCUT2D eigenvalue weighted by molar-refractivity contribution is 0.564. The van der Waals surface area contributed by atoms with Crippen LogP contribution in [0.3, 0.4) is 0 Å². The van der Waals surface area contributed by atoms with Crippen molar-refractivity contribution in [2.45, 2.75) is 6.92 Å². The first-order valence-electron chi connectivity index (χ1n) is 6.08. The highest BCUT2D eigenvalue weighted by Gasteiger charge is 2.13. The van der Waals surface area contributed by atoms with Gasteiger partial charge in [-0.1, -0.05) is 18.2 Å². The minimum Gasteiger partial charge on any atom is -0.464 e. The van der Waals surface area contributed by atoms with E-state index < -0.39 is 0 Å². The Balaban J connectivity index is 2.40. The smallest absolute Gasteiger partial charge is 0.344 e. The van der Waals surface area contributed by atoms with Crippen LogP contribution in [-0.2, 0) is 0 Å². The molecule has 0 fully saturated rings. The molecule has 0 saturated heterocycles. The van der Waals surface area contributed by atoms with Crippen LogP contribution < -0.4 is 5.63 Å². The molecule has 0 aliphatic heterocycles. The summed E-state index contributed by atoms with van der Waals surface area (Å²) in [6, 6.07) is 11.4. The van der Waals surface area contributed by atoms with Gasteiger partial charge in [-0.15, -0.1) is 0 Å². The summed E-state index contributed by atoms with van der Waals surface area (Å²) >= 11 is 0. The molecule has 0 amide bonds. The second-order valence-corrected chi connectivity index (χ2v) is 4.65. The fourth-order valence-electron chi connectivity index (χ4n) is 2.64. The maximum atomic E-state index is 12.0. The molecule has 0 atom stereocenters. The first-order valence-corrected chi connectivity index (χ1v) is 6.08. The van der Waals surface area contributed by atoms with E-state index in [2.05, 4.69) is 0 Å². The van der Waals surface area contributed by atoms with Gasteiger partial charge in [-0.3, -0.25) is 0 Å². The summed E-state index contributed by atoms with van der Waals surface area (Å²) in [7, 11) is 0. The van der Waals surface area contributed by atoms with Crippen LogP contribution in [0, 0.1) is 6.92 Å². The molecule has 3 heteroatoms. The van der Waals surface area contributed by atoms with Crippen LogP contribution in [0.25, 0.3) is 32.7 Å². The average Bonchev–Trinajstić information content (AvgIpc) is 2.90. The average molecular weight is 250 g/mol. The zero-order chi connectivity index (χ0) is 13.0. The number of fused-ring (bicyclic) bond motifs is 4. The summed E-state index contributed by atoms with van der Waals surface area (Å²) in [6.07, 6.45) is 1.65. The van der Waals surface area contributed by atoms with Crippen molar-refractivity contribution in [3.8, 4) is 0 Å². The summed E-state index contributed by atoms with van der Waals surface area (Å²) in [5, 5.41) is 3.49. The highest BCUT2D eigenvalue weighted by molar-refractivity contribution is 6.10. The van der Waals surface area contributed by atoms with E-state index in [0.717, 1.165) is 27.3 Å². The van der Waals surface area contributed by atoms with Crippen LogP contribution in [0.4, 0.5) is 0 Å². The van der Waals surface area contributed by atoms with Gasteiger partial charge in [0.25, 0.3) is 0 Å². The molecule has 0 N–H and O–H groups in total. The predicted molar refractivity (Wildman–Crippen MR) is 74.5 cm³/mol. The van der Waals surface area contributed by atoms with Crippen molar-refractivity contribution < 1.29 is 8.83 Å². The summed E-state index contributed by atoms with van der Waals surface area (Å²) in [4.78, 5) is 12.0. The Kier molecular flexibility index (Phi) is 1.90. The van der Waals surface area contributed by atoms with Gasteiger partial charge < -0.3 is 8.83 Å². The molecule has 4 rings (SSSR count). The van der Waals surface area contributed by atoms with Crippen molar-refractivity contribution >= 4 is 32.7 Å². The topological polar surface area (TPSA) is 43.4 Å². The molecule has 2 aromatic heterocycles. The van der Waals surface area contributed by atoms with Crippen molar-refractivity contribution in [1.29, 1.82) is 0 Å². The number of aryl methyl sites for hydroxylation is 1. The summed E-state index contributed by atoms with van der Waals surface area (Å²) in [5.74, 6) is 0. The van der Waals surface area contributed by atoms with Gasteiger partial charge in [0.1, 0.15) is 11.2 Å². The molecular weight excluding hydrogens is 240 g/mol. The third-order valence-electron chi connectivity index (χ3n) is 3.55. The Labute approximate surface area is 108 Å². The molecular formula is C16H10O3. The van der Waals surface area contributed by atoms with E-state index in [1.54, 1.807) is 12.3 Å².